The molecule has 0 saturated heterocycles. The first-order chi connectivity index (χ1) is 12.6. The van der Waals surface area contributed by atoms with Gasteiger partial charge in [0.25, 0.3) is 0 Å². The minimum Gasteiger partial charge on any atom is -0.201 e. The number of rotatable bonds is 7. The van der Waals surface area contributed by atoms with E-state index in [1.165, 1.54) is 41.6 Å². The molecule has 0 aliphatic rings. The molecule has 0 amide bonds. The molecule has 0 spiro atoms. The van der Waals surface area contributed by atoms with E-state index < -0.39 is 8.07 Å². The monoisotopic (exact) mass is 382 g/mol. The van der Waals surface area contributed by atoms with E-state index in [9.17, 15) is 0 Å². The molecular weight excluding hydrogens is 342 g/mol. The molecular formula is C25H40NSi+. The van der Waals surface area contributed by atoms with Crippen LogP contribution in [0.25, 0.3) is 11.3 Å². The quantitative estimate of drug-likeness (QED) is 0.400. The van der Waals surface area contributed by atoms with E-state index in [0.717, 1.165) is 0 Å². The number of hydrogen-bond acceptors (Lipinski definition) is 0. The van der Waals surface area contributed by atoms with Crippen LogP contribution in [0.2, 0.25) is 19.6 Å². The van der Waals surface area contributed by atoms with Crippen molar-refractivity contribution < 1.29 is 4.57 Å². The molecule has 0 radical (unpaired) electrons. The van der Waals surface area contributed by atoms with E-state index in [1.807, 2.05) is 0 Å². The molecule has 0 saturated carbocycles. The molecule has 27 heavy (non-hydrogen) atoms. The van der Waals surface area contributed by atoms with Gasteiger partial charge < -0.3 is 0 Å². The fraction of sp³-hybridized carbons (Fsp3) is 0.560. The van der Waals surface area contributed by atoms with E-state index in [0.29, 0.717) is 11.8 Å². The molecule has 2 rings (SSSR count). The van der Waals surface area contributed by atoms with Crippen LogP contribution >= 0.6 is 0 Å². The van der Waals surface area contributed by atoms with Gasteiger partial charge in [0, 0.05) is 16.8 Å². The summed E-state index contributed by atoms with van der Waals surface area (Å²) in [6.07, 6.45) is 6.01. The topological polar surface area (TPSA) is 3.88 Å². The molecule has 0 fully saturated rings. The lowest BCUT2D eigenvalue weighted by Gasteiger charge is -2.22. The Hall–Kier alpha value is -1.41. The Morgan fingerprint density at radius 2 is 1.63 bits per heavy atom. The molecule has 0 atom stereocenters. The minimum absolute atomic E-state index is 0.658. The summed E-state index contributed by atoms with van der Waals surface area (Å²) in [5.41, 5.74) is 7.17. The fourth-order valence-corrected chi connectivity index (χ4v) is 5.89. The molecule has 0 N–H and O–H groups in total. The molecule has 148 valence electrons. The van der Waals surface area contributed by atoms with Crippen LogP contribution in [0.5, 0.6) is 0 Å². The number of aryl methyl sites for hydroxylation is 2. The zero-order valence-electron chi connectivity index (χ0n) is 19.1. The summed E-state index contributed by atoms with van der Waals surface area (Å²) in [5, 5.41) is 1.61. The highest BCUT2D eigenvalue weighted by atomic mass is 28.3. The van der Waals surface area contributed by atoms with Crippen molar-refractivity contribution in [1.82, 2.24) is 0 Å². The molecule has 2 heteroatoms. The summed E-state index contributed by atoms with van der Waals surface area (Å²) in [6.45, 7) is 18.9. The van der Waals surface area contributed by atoms with Gasteiger partial charge in [0.15, 0.2) is 6.20 Å². The normalized spacial score (nSPS) is 12.3. The summed E-state index contributed by atoms with van der Waals surface area (Å²) in [6, 6.07) is 9.60. The molecule has 0 aliphatic heterocycles. The van der Waals surface area contributed by atoms with Crippen LogP contribution in [0.4, 0.5) is 0 Å². The van der Waals surface area contributed by atoms with Gasteiger partial charge in [0.1, 0.15) is 7.05 Å². The van der Waals surface area contributed by atoms with Gasteiger partial charge in [-0.3, -0.25) is 0 Å². The second-order valence-electron chi connectivity index (χ2n) is 9.64. The van der Waals surface area contributed by atoms with Crippen LogP contribution in [0.3, 0.4) is 0 Å². The second kappa shape index (κ2) is 8.73. The lowest BCUT2D eigenvalue weighted by molar-refractivity contribution is -0.659. The molecule has 1 nitrogen and oxygen atoms in total. The maximum absolute atomic E-state index is 2.49. The van der Waals surface area contributed by atoms with Crippen molar-refractivity contribution in [2.75, 3.05) is 0 Å². The largest absolute Gasteiger partial charge is 0.212 e. The minimum atomic E-state index is -1.37. The van der Waals surface area contributed by atoms with Gasteiger partial charge in [0.05, 0.1) is 8.07 Å². The van der Waals surface area contributed by atoms with Crippen LogP contribution in [-0.4, -0.2) is 8.07 Å². The predicted molar refractivity (Wildman–Crippen MR) is 123 cm³/mol. The highest BCUT2D eigenvalue weighted by Gasteiger charge is 2.26. The number of benzene rings is 1. The maximum atomic E-state index is 2.49. The predicted octanol–water partition coefficient (Wildman–Crippen LogP) is 6.13. The Kier molecular flexibility index (Phi) is 7.07. The summed E-state index contributed by atoms with van der Waals surface area (Å²) in [4.78, 5) is 0. The van der Waals surface area contributed by atoms with Crippen molar-refractivity contribution >= 4 is 13.3 Å². The first kappa shape index (κ1) is 21.9. The summed E-state index contributed by atoms with van der Waals surface area (Å²) < 4.78 is 2.37. The van der Waals surface area contributed by atoms with Crippen LogP contribution in [-0.2, 0) is 13.5 Å². The average Bonchev–Trinajstić information content (AvgIpc) is 2.57. The van der Waals surface area contributed by atoms with Gasteiger partial charge in [-0.05, 0) is 60.8 Å². The molecule has 0 aliphatic carbocycles. The van der Waals surface area contributed by atoms with Crippen molar-refractivity contribution in [1.29, 1.82) is 0 Å². The van der Waals surface area contributed by atoms with Crippen molar-refractivity contribution in [2.24, 2.45) is 13.0 Å². The second-order valence-corrected chi connectivity index (χ2v) is 14.7. The van der Waals surface area contributed by atoms with Crippen LogP contribution in [0.1, 0.15) is 63.1 Å². The first-order valence-corrected chi connectivity index (χ1v) is 14.2. The van der Waals surface area contributed by atoms with E-state index in [-0.39, 0.29) is 0 Å². The highest BCUT2D eigenvalue weighted by Crippen LogP contribution is 2.29. The van der Waals surface area contributed by atoms with E-state index in [4.69, 9.17) is 0 Å². The summed E-state index contributed by atoms with van der Waals surface area (Å²) in [5.74, 6) is 1.34. The SMILES string of the molecule is CCC(CC)c1ccc(C)c(-c2cc(CC(C)C)c([Si](C)(C)C)c[n+]2C)c1. The van der Waals surface area contributed by atoms with E-state index in [2.05, 4.69) is 96.3 Å². The van der Waals surface area contributed by atoms with Crippen molar-refractivity contribution in [3.8, 4) is 11.3 Å². The number of pyridine rings is 1. The average molecular weight is 383 g/mol. The third-order valence-electron chi connectivity index (χ3n) is 5.79. The van der Waals surface area contributed by atoms with Gasteiger partial charge in [-0.2, -0.15) is 0 Å². The lowest BCUT2D eigenvalue weighted by atomic mass is 9.90. The zero-order chi connectivity index (χ0) is 20.4. The van der Waals surface area contributed by atoms with Crippen molar-refractivity contribution in [2.45, 2.75) is 79.4 Å². The molecule has 1 aromatic carbocycles. The number of nitrogens with zero attached hydrogens (tertiary/aromatic N) is 1. The van der Waals surface area contributed by atoms with Crippen LogP contribution in [0.15, 0.2) is 30.5 Å². The van der Waals surface area contributed by atoms with Gasteiger partial charge in [-0.25, -0.2) is 4.57 Å². The molecule has 2 aromatic rings. The lowest BCUT2D eigenvalue weighted by Crippen LogP contribution is -2.47. The van der Waals surface area contributed by atoms with Gasteiger partial charge in [-0.15, -0.1) is 0 Å². The zero-order valence-corrected chi connectivity index (χ0v) is 20.1. The summed E-state index contributed by atoms with van der Waals surface area (Å²) >= 11 is 0. The molecule has 1 aromatic heterocycles. The maximum Gasteiger partial charge on any atom is 0.212 e. The first-order valence-electron chi connectivity index (χ1n) is 10.7. The van der Waals surface area contributed by atoms with E-state index >= 15 is 0 Å². The van der Waals surface area contributed by atoms with Crippen LogP contribution in [0, 0.1) is 12.8 Å². The van der Waals surface area contributed by atoms with E-state index in [1.54, 1.807) is 10.8 Å². The smallest absolute Gasteiger partial charge is 0.201 e. The number of hydrogen-bond donors (Lipinski definition) is 0. The molecule has 1 heterocycles. The van der Waals surface area contributed by atoms with Gasteiger partial charge in [-0.1, -0.05) is 59.5 Å². The third kappa shape index (κ3) is 5.10. The fourth-order valence-electron chi connectivity index (χ4n) is 4.17. The van der Waals surface area contributed by atoms with Gasteiger partial charge >= 0.3 is 0 Å². The Bertz CT molecular complexity index is 780. The van der Waals surface area contributed by atoms with Gasteiger partial charge in [0.2, 0.25) is 5.69 Å². The Labute approximate surface area is 168 Å². The highest BCUT2D eigenvalue weighted by molar-refractivity contribution is 6.88. The molecule has 0 unspecified atom stereocenters. The van der Waals surface area contributed by atoms with Crippen molar-refractivity contribution in [3.05, 3.63) is 47.2 Å². The van der Waals surface area contributed by atoms with Crippen molar-refractivity contribution in [3.63, 3.8) is 0 Å². The Morgan fingerprint density at radius 3 is 2.15 bits per heavy atom. The summed E-state index contributed by atoms with van der Waals surface area (Å²) in [7, 11) is 0.849. The Morgan fingerprint density at radius 1 is 1.00 bits per heavy atom. The third-order valence-corrected chi connectivity index (χ3v) is 7.86. The number of aromatic nitrogens is 1. The Balaban J connectivity index is 2.66. The van der Waals surface area contributed by atoms with Crippen LogP contribution < -0.4 is 9.75 Å². The standard InChI is InChI=1S/C25H40NSi/c1-10-20(11-2)21-13-12-19(5)23(15-21)24-16-22(14-18(3)4)25(17-26(24)6)27(7,8)9/h12-13,15-18,20H,10-11,14H2,1-9H3/q+1. The molecule has 0 bridgehead atoms.